The Bertz CT molecular complexity index is 658. The van der Waals surface area contributed by atoms with Crippen molar-refractivity contribution in [2.75, 3.05) is 5.73 Å². The molecule has 108 valence electrons. The summed E-state index contributed by atoms with van der Waals surface area (Å²) in [5.41, 5.74) is 7.06. The number of halogens is 3. The van der Waals surface area contributed by atoms with E-state index in [0.717, 1.165) is 0 Å². The van der Waals surface area contributed by atoms with Crippen LogP contribution in [-0.2, 0) is 0 Å². The lowest BCUT2D eigenvalue weighted by atomic mass is 10.3. The van der Waals surface area contributed by atoms with E-state index < -0.39 is 5.82 Å². The number of hydrogen-bond donors (Lipinski definition) is 1. The third kappa shape index (κ3) is 2.76. The van der Waals surface area contributed by atoms with Gasteiger partial charge in [0.05, 0.1) is 21.2 Å². The normalized spacial score (nSPS) is 11.2. The summed E-state index contributed by atoms with van der Waals surface area (Å²) < 4.78 is 21.5. The fraction of sp³-hybridized carbons (Fsp3) is 0.308. The zero-order valence-electron chi connectivity index (χ0n) is 11.2. The maximum absolute atomic E-state index is 13.5. The first-order chi connectivity index (χ1) is 9.31. The zero-order valence-corrected chi connectivity index (χ0v) is 13.6. The maximum atomic E-state index is 13.5. The van der Waals surface area contributed by atoms with E-state index in [1.165, 1.54) is 12.1 Å². The van der Waals surface area contributed by atoms with Crippen molar-refractivity contribution in [1.29, 1.82) is 0 Å². The van der Waals surface area contributed by atoms with E-state index >= 15 is 0 Å². The molecule has 20 heavy (non-hydrogen) atoms. The van der Waals surface area contributed by atoms with Crippen LogP contribution in [0.1, 0.15) is 25.6 Å². The Hall–Kier alpha value is -1.27. The van der Waals surface area contributed by atoms with Crippen LogP contribution in [0.25, 0.3) is 0 Å². The van der Waals surface area contributed by atoms with Gasteiger partial charge in [0.15, 0.2) is 0 Å². The summed E-state index contributed by atoms with van der Waals surface area (Å²) in [7, 11) is 0. The molecule has 0 bridgehead atoms. The molecule has 0 amide bonds. The van der Waals surface area contributed by atoms with Crippen molar-refractivity contribution in [2.24, 2.45) is 0 Å². The van der Waals surface area contributed by atoms with Gasteiger partial charge in [-0.1, -0.05) is 11.6 Å². The fourth-order valence-corrected chi connectivity index (χ4v) is 2.40. The Morgan fingerprint density at radius 2 is 2.10 bits per heavy atom. The van der Waals surface area contributed by atoms with Gasteiger partial charge >= 0.3 is 0 Å². The minimum atomic E-state index is -0.559. The highest BCUT2D eigenvalue weighted by atomic mass is 79.9. The highest BCUT2D eigenvalue weighted by molar-refractivity contribution is 9.10. The molecule has 0 spiro atoms. The molecule has 0 saturated carbocycles. The van der Waals surface area contributed by atoms with E-state index in [4.69, 9.17) is 22.1 Å². The summed E-state index contributed by atoms with van der Waals surface area (Å²) in [4.78, 5) is 0. The first kappa shape index (κ1) is 15.1. The predicted octanol–water partition coefficient (Wildman–Crippen LogP) is 4.70. The molecule has 2 N–H and O–H groups in total. The molecule has 0 aliphatic heterocycles. The number of aryl methyl sites for hydroxylation is 1. The van der Waals surface area contributed by atoms with Gasteiger partial charge in [0.1, 0.15) is 17.3 Å². The minimum Gasteiger partial charge on any atom is -0.436 e. The highest BCUT2D eigenvalue weighted by Crippen LogP contribution is 2.37. The third-order valence-electron chi connectivity index (χ3n) is 2.76. The molecule has 0 unspecified atom stereocenters. The Labute approximate surface area is 129 Å². The highest BCUT2D eigenvalue weighted by Gasteiger charge is 2.19. The number of nitrogen functional groups attached to an aromatic ring is 1. The molecule has 1 aromatic carbocycles. The number of nitrogens with zero attached hydrogens (tertiary/aromatic N) is 2. The predicted molar refractivity (Wildman–Crippen MR) is 80.9 cm³/mol. The van der Waals surface area contributed by atoms with Crippen LogP contribution < -0.4 is 10.5 Å². The van der Waals surface area contributed by atoms with Gasteiger partial charge in [0.2, 0.25) is 5.88 Å². The number of hydrogen-bond acceptors (Lipinski definition) is 3. The molecule has 0 saturated heterocycles. The molecule has 7 heteroatoms. The maximum Gasteiger partial charge on any atom is 0.241 e. The zero-order chi connectivity index (χ0) is 15.0. The molecule has 1 aromatic heterocycles. The van der Waals surface area contributed by atoms with Crippen LogP contribution in [0.3, 0.4) is 0 Å². The van der Waals surface area contributed by atoms with Gasteiger partial charge in [0.25, 0.3) is 0 Å². The number of ether oxygens (including phenoxy) is 1. The Morgan fingerprint density at radius 1 is 1.45 bits per heavy atom. The van der Waals surface area contributed by atoms with E-state index in [0.29, 0.717) is 27.5 Å². The van der Waals surface area contributed by atoms with Crippen molar-refractivity contribution < 1.29 is 9.13 Å². The van der Waals surface area contributed by atoms with Crippen molar-refractivity contribution in [3.63, 3.8) is 0 Å². The largest absolute Gasteiger partial charge is 0.436 e. The number of anilines is 1. The molecular formula is C13H14BrClFN3O. The molecule has 0 radical (unpaired) electrons. The molecular weight excluding hydrogens is 349 g/mol. The van der Waals surface area contributed by atoms with E-state index in [9.17, 15) is 4.39 Å². The molecule has 0 fully saturated rings. The van der Waals surface area contributed by atoms with Crippen LogP contribution in [0, 0.1) is 12.7 Å². The van der Waals surface area contributed by atoms with Crippen molar-refractivity contribution in [3.05, 3.63) is 33.1 Å². The average molecular weight is 363 g/mol. The van der Waals surface area contributed by atoms with E-state index in [1.54, 1.807) is 11.6 Å². The summed E-state index contributed by atoms with van der Waals surface area (Å²) in [6.45, 7) is 5.70. The Balaban J connectivity index is 2.47. The summed E-state index contributed by atoms with van der Waals surface area (Å²) in [5.74, 6) is 0.121. The number of benzene rings is 1. The molecule has 2 aromatic rings. The van der Waals surface area contributed by atoms with Gasteiger partial charge in [-0.2, -0.15) is 5.10 Å². The van der Waals surface area contributed by atoms with Gasteiger partial charge in [-0.25, -0.2) is 9.07 Å². The van der Waals surface area contributed by atoms with E-state index in [2.05, 4.69) is 21.0 Å². The van der Waals surface area contributed by atoms with Crippen molar-refractivity contribution in [2.45, 2.75) is 26.8 Å². The van der Waals surface area contributed by atoms with Gasteiger partial charge in [-0.15, -0.1) is 0 Å². The lowest BCUT2D eigenvalue weighted by Crippen LogP contribution is -2.06. The van der Waals surface area contributed by atoms with Crippen molar-refractivity contribution in [3.8, 4) is 11.6 Å². The van der Waals surface area contributed by atoms with Gasteiger partial charge < -0.3 is 10.5 Å². The number of aromatic nitrogens is 2. The monoisotopic (exact) mass is 361 g/mol. The van der Waals surface area contributed by atoms with Crippen LogP contribution in [-0.4, -0.2) is 9.78 Å². The fourth-order valence-electron chi connectivity index (χ4n) is 1.68. The van der Waals surface area contributed by atoms with E-state index in [1.807, 2.05) is 13.8 Å². The molecule has 4 nitrogen and oxygen atoms in total. The van der Waals surface area contributed by atoms with Gasteiger partial charge in [-0.05, 0) is 42.8 Å². The first-order valence-electron chi connectivity index (χ1n) is 5.98. The van der Waals surface area contributed by atoms with Crippen molar-refractivity contribution in [1.82, 2.24) is 9.78 Å². The third-order valence-corrected chi connectivity index (χ3v) is 3.67. The number of rotatable bonds is 3. The molecule has 0 atom stereocenters. The Morgan fingerprint density at radius 3 is 2.70 bits per heavy atom. The first-order valence-corrected chi connectivity index (χ1v) is 7.15. The standard InChI is InChI=1S/C13H14BrClFN3O/c1-6(2)19-13(12(17)7(3)18-19)20-11-5-10(16)9(15)4-8(11)14/h4-6H,17H2,1-3H3. The average Bonchev–Trinajstić information content (AvgIpc) is 2.64. The lowest BCUT2D eigenvalue weighted by Gasteiger charge is -2.13. The van der Waals surface area contributed by atoms with Crippen LogP contribution in [0.5, 0.6) is 11.6 Å². The minimum absolute atomic E-state index is 0.0192. The summed E-state index contributed by atoms with van der Waals surface area (Å²) >= 11 is 8.99. The quantitative estimate of drug-likeness (QED) is 0.805. The summed E-state index contributed by atoms with van der Waals surface area (Å²) in [6.07, 6.45) is 0. The van der Waals surface area contributed by atoms with Gasteiger partial charge in [0, 0.05) is 6.07 Å². The summed E-state index contributed by atoms with van der Waals surface area (Å²) in [6, 6.07) is 2.71. The molecule has 0 aliphatic rings. The summed E-state index contributed by atoms with van der Waals surface area (Å²) in [5, 5.41) is 4.33. The van der Waals surface area contributed by atoms with Crippen LogP contribution in [0.15, 0.2) is 16.6 Å². The SMILES string of the molecule is Cc1nn(C(C)C)c(Oc2cc(F)c(Cl)cc2Br)c1N. The van der Waals surface area contributed by atoms with Crippen LogP contribution >= 0.6 is 27.5 Å². The van der Waals surface area contributed by atoms with Crippen LogP contribution in [0.2, 0.25) is 5.02 Å². The van der Waals surface area contributed by atoms with E-state index in [-0.39, 0.29) is 11.1 Å². The second kappa shape index (κ2) is 5.61. The second-order valence-corrected chi connectivity index (χ2v) is 5.90. The molecule has 0 aliphatic carbocycles. The smallest absolute Gasteiger partial charge is 0.241 e. The lowest BCUT2D eigenvalue weighted by molar-refractivity contribution is 0.386. The van der Waals surface area contributed by atoms with Crippen molar-refractivity contribution >= 4 is 33.2 Å². The number of nitrogens with two attached hydrogens (primary N) is 1. The topological polar surface area (TPSA) is 53.1 Å². The van der Waals surface area contributed by atoms with Crippen LogP contribution in [0.4, 0.5) is 10.1 Å². The van der Waals surface area contributed by atoms with Gasteiger partial charge in [-0.3, -0.25) is 0 Å². The second-order valence-electron chi connectivity index (χ2n) is 4.64. The Kier molecular flexibility index (Phi) is 4.25. The molecule has 2 rings (SSSR count). The molecule has 1 heterocycles.